The van der Waals surface area contributed by atoms with E-state index in [1.54, 1.807) is 0 Å². The molecule has 1 aliphatic heterocycles. The van der Waals surface area contributed by atoms with Gasteiger partial charge in [0, 0.05) is 29.5 Å². The molecule has 1 aliphatic carbocycles. The first-order valence-electron chi connectivity index (χ1n) is 16.7. The zero-order chi connectivity index (χ0) is 35.1. The summed E-state index contributed by atoms with van der Waals surface area (Å²) < 4.78 is 55.9. The van der Waals surface area contributed by atoms with Crippen LogP contribution in [0.25, 0.3) is 0 Å². The number of carbonyl (C=O) groups is 2. The number of amides is 2. The van der Waals surface area contributed by atoms with Gasteiger partial charge < -0.3 is 19.7 Å². The van der Waals surface area contributed by atoms with Crippen molar-refractivity contribution < 1.29 is 31.9 Å². The van der Waals surface area contributed by atoms with Crippen LogP contribution in [-0.2, 0) is 32.6 Å². The molecule has 0 aromatic heterocycles. The monoisotopic (exact) mass is 763 g/mol. The smallest absolute Gasteiger partial charge is 0.264 e. The van der Waals surface area contributed by atoms with Gasteiger partial charge in [-0.25, -0.2) is 12.8 Å². The fourth-order valence-corrected chi connectivity index (χ4v) is 8.25. The van der Waals surface area contributed by atoms with E-state index in [1.807, 2.05) is 54.6 Å². The Morgan fingerprint density at radius 3 is 2.26 bits per heavy atom. The van der Waals surface area contributed by atoms with Crippen LogP contribution in [0.5, 0.6) is 11.5 Å². The standard InChI is InChI=1S/C38H39BrFN3O6S/c39-29-11-7-10-28(22-29)25-42(34(23-27-8-3-1-4-9-27)38(45)41-31-12-5-2-6-13-31)37(44)26-43(32-16-14-30(40)15-17-32)50(46,47)33-18-19-35-36(24-33)49-21-20-48-35/h1,3-4,7-11,14-19,22,24,31,34H,2,5-6,12-13,20-21,23,25-26H2,(H,41,45). The van der Waals surface area contributed by atoms with Crippen molar-refractivity contribution in [3.05, 3.63) is 118 Å². The van der Waals surface area contributed by atoms with E-state index in [9.17, 15) is 22.4 Å². The van der Waals surface area contributed by atoms with Crippen LogP contribution in [0.3, 0.4) is 0 Å². The number of nitrogens with one attached hydrogen (secondary N) is 1. The predicted octanol–water partition coefficient (Wildman–Crippen LogP) is 6.64. The lowest BCUT2D eigenvalue weighted by Crippen LogP contribution is -2.55. The normalized spacial score (nSPS) is 15.2. The molecule has 4 aromatic rings. The molecule has 1 atom stereocenters. The van der Waals surface area contributed by atoms with Crippen LogP contribution < -0.4 is 19.1 Å². The highest BCUT2D eigenvalue weighted by Gasteiger charge is 2.36. The SMILES string of the molecule is O=C(NC1CCCCC1)C(Cc1ccccc1)N(Cc1cccc(Br)c1)C(=O)CN(c1ccc(F)cc1)S(=O)(=O)c1ccc2c(c1)OCCO2. The molecular formula is C38H39BrFN3O6S. The van der Waals surface area contributed by atoms with E-state index in [0.29, 0.717) is 12.4 Å². The van der Waals surface area contributed by atoms with E-state index in [-0.39, 0.29) is 47.9 Å². The zero-order valence-electron chi connectivity index (χ0n) is 27.5. The molecule has 0 radical (unpaired) electrons. The number of fused-ring (bicyclic) bond motifs is 1. The Balaban J connectivity index is 1.40. The van der Waals surface area contributed by atoms with Crippen molar-refractivity contribution in [1.82, 2.24) is 10.2 Å². The van der Waals surface area contributed by atoms with E-state index < -0.39 is 34.3 Å². The molecule has 0 spiro atoms. The summed E-state index contributed by atoms with van der Waals surface area (Å²) >= 11 is 3.51. The number of halogens is 2. The summed E-state index contributed by atoms with van der Waals surface area (Å²) in [5.41, 5.74) is 1.69. The molecule has 0 bridgehead atoms. The Morgan fingerprint density at radius 2 is 1.54 bits per heavy atom. The van der Waals surface area contributed by atoms with Crippen LogP contribution >= 0.6 is 15.9 Å². The van der Waals surface area contributed by atoms with Crippen molar-refractivity contribution in [2.45, 2.75) is 62.0 Å². The number of carbonyl (C=O) groups excluding carboxylic acids is 2. The molecule has 9 nitrogen and oxygen atoms in total. The van der Waals surface area contributed by atoms with Crippen LogP contribution in [0.1, 0.15) is 43.2 Å². The molecule has 2 aliphatic rings. The third kappa shape index (κ3) is 8.65. The number of hydrogen-bond acceptors (Lipinski definition) is 6. The Kier molecular flexibility index (Phi) is 11.4. The number of benzene rings is 4. The lowest BCUT2D eigenvalue weighted by molar-refractivity contribution is -0.140. The van der Waals surface area contributed by atoms with Crippen molar-refractivity contribution in [3.8, 4) is 11.5 Å². The van der Waals surface area contributed by atoms with Crippen LogP contribution in [0, 0.1) is 5.82 Å². The minimum Gasteiger partial charge on any atom is -0.486 e. The van der Waals surface area contributed by atoms with Gasteiger partial charge >= 0.3 is 0 Å². The average Bonchev–Trinajstić information content (AvgIpc) is 3.13. The van der Waals surface area contributed by atoms with Gasteiger partial charge in [0.15, 0.2) is 11.5 Å². The predicted molar refractivity (Wildman–Crippen MR) is 192 cm³/mol. The fourth-order valence-electron chi connectivity index (χ4n) is 6.38. The van der Waals surface area contributed by atoms with Crippen molar-refractivity contribution in [3.63, 3.8) is 0 Å². The maximum absolute atomic E-state index is 14.7. The molecule has 4 aromatic carbocycles. The van der Waals surface area contributed by atoms with Gasteiger partial charge in [0.25, 0.3) is 10.0 Å². The molecule has 1 N–H and O–H groups in total. The molecule has 1 fully saturated rings. The molecule has 2 amide bonds. The number of ether oxygens (including phenoxy) is 2. The van der Waals surface area contributed by atoms with Crippen LogP contribution in [0.2, 0.25) is 0 Å². The summed E-state index contributed by atoms with van der Waals surface area (Å²) in [6.45, 7) is -0.0257. The highest BCUT2D eigenvalue weighted by molar-refractivity contribution is 9.10. The molecule has 50 heavy (non-hydrogen) atoms. The molecular weight excluding hydrogens is 725 g/mol. The second-order valence-corrected chi connectivity index (χ2v) is 15.3. The van der Waals surface area contributed by atoms with E-state index >= 15 is 0 Å². The van der Waals surface area contributed by atoms with Crippen LogP contribution in [-0.4, -0.2) is 57.0 Å². The van der Waals surface area contributed by atoms with E-state index in [4.69, 9.17) is 9.47 Å². The Labute approximate surface area is 300 Å². The minimum atomic E-state index is -4.42. The van der Waals surface area contributed by atoms with Gasteiger partial charge in [-0.05, 0) is 72.5 Å². The summed E-state index contributed by atoms with van der Waals surface area (Å²) in [5.74, 6) is -0.786. The Bertz CT molecular complexity index is 1910. The third-order valence-corrected chi connectivity index (χ3v) is 11.2. The summed E-state index contributed by atoms with van der Waals surface area (Å²) in [7, 11) is -4.42. The number of rotatable bonds is 12. The maximum atomic E-state index is 14.7. The number of nitrogens with zero attached hydrogens (tertiary/aromatic N) is 2. The van der Waals surface area contributed by atoms with Crippen molar-refractivity contribution >= 4 is 43.5 Å². The van der Waals surface area contributed by atoms with Gasteiger partial charge in [-0.2, -0.15) is 0 Å². The van der Waals surface area contributed by atoms with E-state index in [2.05, 4.69) is 21.2 Å². The maximum Gasteiger partial charge on any atom is 0.264 e. The number of hydrogen-bond donors (Lipinski definition) is 1. The Hall–Kier alpha value is -4.42. The van der Waals surface area contributed by atoms with Gasteiger partial charge in [-0.15, -0.1) is 0 Å². The van der Waals surface area contributed by atoms with E-state index in [1.165, 1.54) is 35.2 Å². The fraction of sp³-hybridized carbons (Fsp3) is 0.316. The van der Waals surface area contributed by atoms with Crippen molar-refractivity contribution in [2.24, 2.45) is 0 Å². The van der Waals surface area contributed by atoms with Crippen LogP contribution in [0.4, 0.5) is 10.1 Å². The lowest BCUT2D eigenvalue weighted by Gasteiger charge is -2.35. The molecule has 12 heteroatoms. The van der Waals surface area contributed by atoms with Crippen LogP contribution in [0.15, 0.2) is 106 Å². The van der Waals surface area contributed by atoms with Gasteiger partial charge in [0.2, 0.25) is 11.8 Å². The molecule has 1 unspecified atom stereocenters. The molecule has 6 rings (SSSR count). The van der Waals surface area contributed by atoms with Gasteiger partial charge in [-0.3, -0.25) is 13.9 Å². The van der Waals surface area contributed by atoms with Crippen molar-refractivity contribution in [2.75, 3.05) is 24.1 Å². The first-order chi connectivity index (χ1) is 24.2. The second kappa shape index (κ2) is 16.1. The zero-order valence-corrected chi connectivity index (χ0v) is 29.9. The number of sulfonamides is 1. The Morgan fingerprint density at radius 1 is 0.840 bits per heavy atom. The molecule has 1 heterocycles. The quantitative estimate of drug-likeness (QED) is 0.174. The summed E-state index contributed by atoms with van der Waals surface area (Å²) in [6, 6.07) is 25.1. The number of anilines is 1. The summed E-state index contributed by atoms with van der Waals surface area (Å²) in [4.78, 5) is 30.3. The first-order valence-corrected chi connectivity index (χ1v) is 19.0. The van der Waals surface area contributed by atoms with Gasteiger partial charge in [0.1, 0.15) is 31.6 Å². The lowest BCUT2D eigenvalue weighted by atomic mass is 9.94. The van der Waals surface area contributed by atoms with E-state index in [0.717, 1.165) is 64.1 Å². The summed E-state index contributed by atoms with van der Waals surface area (Å²) in [5, 5.41) is 3.21. The topological polar surface area (TPSA) is 105 Å². The van der Waals surface area contributed by atoms with Gasteiger partial charge in [0.05, 0.1) is 10.6 Å². The average molecular weight is 765 g/mol. The third-order valence-electron chi connectivity index (χ3n) is 8.96. The molecule has 0 saturated heterocycles. The highest BCUT2D eigenvalue weighted by atomic mass is 79.9. The first kappa shape index (κ1) is 35.4. The van der Waals surface area contributed by atoms with Crippen molar-refractivity contribution in [1.29, 1.82) is 0 Å². The minimum absolute atomic E-state index is 0.0105. The highest BCUT2D eigenvalue weighted by Crippen LogP contribution is 2.34. The molecule has 1 saturated carbocycles. The second-order valence-electron chi connectivity index (χ2n) is 12.5. The molecule has 262 valence electrons. The largest absolute Gasteiger partial charge is 0.486 e. The van der Waals surface area contributed by atoms with Gasteiger partial charge in [-0.1, -0.05) is 77.7 Å². The summed E-state index contributed by atoms with van der Waals surface area (Å²) in [6.07, 6.45) is 5.07.